The fraction of sp³-hybridized carbons (Fsp3) is 0.409. The minimum atomic E-state index is -4.40. The van der Waals surface area contributed by atoms with Crippen molar-refractivity contribution in [2.45, 2.75) is 32.9 Å². The van der Waals surface area contributed by atoms with Crippen molar-refractivity contribution >= 4 is 32.8 Å². The van der Waals surface area contributed by atoms with Gasteiger partial charge in [0.25, 0.3) is 0 Å². The van der Waals surface area contributed by atoms with Crippen molar-refractivity contribution < 1.29 is 18.3 Å². The monoisotopic (exact) mass is 481 g/mol. The number of fused-ring (bicyclic) bond motifs is 1. The van der Waals surface area contributed by atoms with Crippen LogP contribution in [0.15, 0.2) is 34.8 Å². The number of halogens is 4. The third-order valence-corrected chi connectivity index (χ3v) is 6.50. The third kappa shape index (κ3) is 3.71. The zero-order valence-corrected chi connectivity index (χ0v) is 18.4. The number of aryl methyl sites for hydroxylation is 2. The maximum Gasteiger partial charge on any atom is 0.416 e. The van der Waals surface area contributed by atoms with Crippen molar-refractivity contribution in [2.75, 3.05) is 24.6 Å². The number of hydrogen-bond donors (Lipinski definition) is 1. The van der Waals surface area contributed by atoms with Crippen LogP contribution in [-0.2, 0) is 6.18 Å². The summed E-state index contributed by atoms with van der Waals surface area (Å²) in [6, 6.07) is 7.70. The number of rotatable bonds is 3. The molecule has 3 aromatic rings. The molecule has 1 aliphatic heterocycles. The topological polar surface area (TPSA) is 41.3 Å². The Morgan fingerprint density at radius 1 is 1.13 bits per heavy atom. The second-order valence-electron chi connectivity index (χ2n) is 7.88. The van der Waals surface area contributed by atoms with Gasteiger partial charge in [-0.2, -0.15) is 13.2 Å². The lowest BCUT2D eigenvalue weighted by molar-refractivity contribution is -0.137. The molecule has 0 spiro atoms. The second-order valence-corrected chi connectivity index (χ2v) is 8.74. The van der Waals surface area contributed by atoms with Gasteiger partial charge in [0, 0.05) is 40.8 Å². The number of aliphatic hydroxyl groups is 1. The van der Waals surface area contributed by atoms with Gasteiger partial charge in [0.2, 0.25) is 0 Å². The first kappa shape index (κ1) is 21.2. The highest BCUT2D eigenvalue weighted by Crippen LogP contribution is 2.40. The maximum absolute atomic E-state index is 13.2. The van der Waals surface area contributed by atoms with Gasteiger partial charge in [-0.15, -0.1) is 0 Å². The Bertz CT molecular complexity index is 1090. The average Bonchev–Trinajstić information content (AvgIpc) is 2.99. The van der Waals surface area contributed by atoms with E-state index in [1.165, 1.54) is 6.07 Å². The molecular weight excluding hydrogens is 459 g/mol. The molecule has 2 aromatic heterocycles. The number of anilines is 1. The summed E-state index contributed by atoms with van der Waals surface area (Å²) in [5, 5.41) is 10.5. The van der Waals surface area contributed by atoms with E-state index in [9.17, 15) is 18.3 Å². The van der Waals surface area contributed by atoms with Crippen molar-refractivity contribution in [3.63, 3.8) is 0 Å². The Labute approximate surface area is 181 Å². The molecule has 0 atom stereocenters. The molecule has 4 rings (SSSR count). The number of aliphatic hydroxyl groups excluding tert-OH is 1. The molecule has 0 bridgehead atoms. The quantitative estimate of drug-likeness (QED) is 0.526. The Balaban J connectivity index is 1.91. The standard InChI is InChI=1S/C22H23BrF3N3O/c1-13-3-5-17-14(2)21(28-9-7-15(12-30)8-10-28)29(20(17)27-13)19-6-4-16(11-18(19)23)22(24,25)26/h3-6,11,15,30H,7-10,12H2,1-2H3. The highest BCUT2D eigenvalue weighted by molar-refractivity contribution is 9.10. The zero-order valence-electron chi connectivity index (χ0n) is 16.8. The summed E-state index contributed by atoms with van der Waals surface area (Å²) >= 11 is 3.37. The van der Waals surface area contributed by atoms with Gasteiger partial charge in [0.1, 0.15) is 11.5 Å². The van der Waals surface area contributed by atoms with Crippen LogP contribution in [0.4, 0.5) is 19.0 Å². The summed E-state index contributed by atoms with van der Waals surface area (Å²) in [4.78, 5) is 6.98. The molecular formula is C22H23BrF3N3O. The Hall–Kier alpha value is -2.06. The number of benzene rings is 1. The first-order valence-electron chi connectivity index (χ1n) is 9.92. The van der Waals surface area contributed by atoms with Gasteiger partial charge >= 0.3 is 6.18 Å². The van der Waals surface area contributed by atoms with Crippen LogP contribution in [0.5, 0.6) is 0 Å². The predicted octanol–water partition coefficient (Wildman–Crippen LogP) is 5.63. The van der Waals surface area contributed by atoms with E-state index >= 15 is 0 Å². The highest BCUT2D eigenvalue weighted by atomic mass is 79.9. The van der Waals surface area contributed by atoms with Crippen LogP contribution in [0, 0.1) is 19.8 Å². The minimum Gasteiger partial charge on any atom is -0.396 e. The molecule has 0 amide bonds. The highest BCUT2D eigenvalue weighted by Gasteiger charge is 2.32. The fourth-order valence-electron chi connectivity index (χ4n) is 4.19. The summed E-state index contributed by atoms with van der Waals surface area (Å²) in [6.45, 7) is 5.67. The van der Waals surface area contributed by atoms with E-state index in [-0.39, 0.29) is 12.5 Å². The molecule has 0 unspecified atom stereocenters. The van der Waals surface area contributed by atoms with Gasteiger partial charge in [0.15, 0.2) is 0 Å². The molecule has 8 heteroatoms. The third-order valence-electron chi connectivity index (χ3n) is 5.87. The summed E-state index contributed by atoms with van der Waals surface area (Å²) in [5.74, 6) is 1.23. The average molecular weight is 482 g/mol. The van der Waals surface area contributed by atoms with Gasteiger partial charge in [-0.1, -0.05) is 0 Å². The number of hydrogen-bond acceptors (Lipinski definition) is 3. The number of nitrogens with zero attached hydrogens (tertiary/aromatic N) is 3. The SMILES string of the molecule is Cc1ccc2c(C)c(N3CCC(CO)CC3)n(-c3ccc(C(F)(F)F)cc3Br)c2n1. The van der Waals surface area contributed by atoms with E-state index in [0.717, 1.165) is 66.2 Å². The summed E-state index contributed by atoms with van der Waals surface area (Å²) < 4.78 is 41.9. The van der Waals surface area contributed by atoms with Crippen LogP contribution >= 0.6 is 15.9 Å². The van der Waals surface area contributed by atoms with E-state index in [1.54, 1.807) is 0 Å². The number of aromatic nitrogens is 2. The number of pyridine rings is 1. The van der Waals surface area contributed by atoms with E-state index in [0.29, 0.717) is 10.2 Å². The van der Waals surface area contributed by atoms with Crippen molar-refractivity contribution in [2.24, 2.45) is 5.92 Å². The molecule has 0 aliphatic carbocycles. The number of piperidine rings is 1. The van der Waals surface area contributed by atoms with E-state index < -0.39 is 11.7 Å². The molecule has 1 fully saturated rings. The molecule has 0 radical (unpaired) electrons. The lowest BCUT2D eigenvalue weighted by Gasteiger charge is -2.34. The smallest absolute Gasteiger partial charge is 0.396 e. The molecule has 1 N–H and O–H groups in total. The van der Waals surface area contributed by atoms with Crippen LogP contribution in [0.3, 0.4) is 0 Å². The van der Waals surface area contributed by atoms with Gasteiger partial charge in [0.05, 0.1) is 11.3 Å². The summed E-state index contributed by atoms with van der Waals surface area (Å²) in [6.07, 6.45) is -2.66. The van der Waals surface area contributed by atoms with Gasteiger partial charge in [-0.3, -0.25) is 4.57 Å². The van der Waals surface area contributed by atoms with Crippen LogP contribution in [-0.4, -0.2) is 34.4 Å². The summed E-state index contributed by atoms with van der Waals surface area (Å²) in [5.41, 5.74) is 2.55. The second kappa shape index (κ2) is 7.89. The molecule has 1 aromatic carbocycles. The van der Waals surface area contributed by atoms with Crippen molar-refractivity contribution in [1.82, 2.24) is 9.55 Å². The normalized spacial score (nSPS) is 15.9. The lowest BCUT2D eigenvalue weighted by atomic mass is 9.97. The minimum absolute atomic E-state index is 0.182. The molecule has 0 saturated carbocycles. The van der Waals surface area contributed by atoms with Crippen LogP contribution in [0.25, 0.3) is 16.7 Å². The summed E-state index contributed by atoms with van der Waals surface area (Å²) in [7, 11) is 0. The Morgan fingerprint density at radius 3 is 2.43 bits per heavy atom. The predicted molar refractivity (Wildman–Crippen MR) is 115 cm³/mol. The van der Waals surface area contributed by atoms with Crippen molar-refractivity contribution in [3.05, 3.63) is 51.6 Å². The van der Waals surface area contributed by atoms with Crippen molar-refractivity contribution in [1.29, 1.82) is 0 Å². The fourth-order valence-corrected chi connectivity index (χ4v) is 4.75. The van der Waals surface area contributed by atoms with Gasteiger partial charge in [-0.05, 0) is 78.9 Å². The van der Waals surface area contributed by atoms with Crippen molar-refractivity contribution in [3.8, 4) is 5.69 Å². The maximum atomic E-state index is 13.2. The molecule has 1 saturated heterocycles. The molecule has 30 heavy (non-hydrogen) atoms. The van der Waals surface area contributed by atoms with Crippen LogP contribution < -0.4 is 4.90 Å². The molecule has 160 valence electrons. The Kier molecular flexibility index (Phi) is 5.57. The lowest BCUT2D eigenvalue weighted by Crippen LogP contribution is -2.36. The van der Waals surface area contributed by atoms with E-state index in [1.807, 2.05) is 30.5 Å². The first-order valence-corrected chi connectivity index (χ1v) is 10.7. The largest absolute Gasteiger partial charge is 0.416 e. The van der Waals surface area contributed by atoms with E-state index in [4.69, 9.17) is 4.98 Å². The first-order chi connectivity index (χ1) is 14.2. The number of alkyl halides is 3. The van der Waals surface area contributed by atoms with E-state index in [2.05, 4.69) is 20.8 Å². The van der Waals surface area contributed by atoms with Gasteiger partial charge in [-0.25, -0.2) is 4.98 Å². The molecule has 1 aliphatic rings. The molecule has 3 heterocycles. The van der Waals surface area contributed by atoms with Crippen LogP contribution in [0.2, 0.25) is 0 Å². The molecule has 4 nitrogen and oxygen atoms in total. The Morgan fingerprint density at radius 2 is 1.83 bits per heavy atom. The van der Waals surface area contributed by atoms with Crippen LogP contribution in [0.1, 0.15) is 29.7 Å². The van der Waals surface area contributed by atoms with Gasteiger partial charge < -0.3 is 10.0 Å². The zero-order chi connectivity index (χ0) is 21.6.